The van der Waals surface area contributed by atoms with Crippen molar-refractivity contribution in [3.8, 4) is 11.3 Å². The van der Waals surface area contributed by atoms with Gasteiger partial charge < -0.3 is 9.72 Å². The zero-order chi connectivity index (χ0) is 21.6. The number of aromatic nitrogens is 2. The Morgan fingerprint density at radius 2 is 1.97 bits per heavy atom. The van der Waals surface area contributed by atoms with Crippen LogP contribution in [0.4, 0.5) is 0 Å². The summed E-state index contributed by atoms with van der Waals surface area (Å²) < 4.78 is 2.11. The van der Waals surface area contributed by atoms with Gasteiger partial charge in [-0.3, -0.25) is 9.69 Å². The van der Waals surface area contributed by atoms with Crippen LogP contribution in [0, 0.1) is 0 Å². The molecule has 1 fully saturated rings. The molecule has 4 rings (SSSR count). The summed E-state index contributed by atoms with van der Waals surface area (Å²) in [5.74, 6) is -0.0951. The summed E-state index contributed by atoms with van der Waals surface area (Å²) in [5, 5.41) is 2.87. The van der Waals surface area contributed by atoms with Gasteiger partial charge in [0.2, 0.25) is 0 Å². The smallest absolute Gasteiger partial charge is 0.253 e. The normalized spacial score (nSPS) is 14.8. The van der Waals surface area contributed by atoms with E-state index in [2.05, 4.69) is 52.4 Å². The van der Waals surface area contributed by atoms with Crippen LogP contribution in [0.5, 0.6) is 0 Å². The largest absolute Gasteiger partial charge is 0.349 e. The number of rotatable bonds is 8. The van der Waals surface area contributed by atoms with Crippen molar-refractivity contribution >= 4 is 11.6 Å². The van der Waals surface area contributed by atoms with Crippen LogP contribution in [0.25, 0.3) is 16.9 Å². The highest BCUT2D eigenvalue weighted by molar-refractivity contribution is 5.94. The number of nitrogens with one attached hydrogen (secondary N) is 1. The molecular formula is C26H32N4O. The van der Waals surface area contributed by atoms with Gasteiger partial charge in [-0.25, -0.2) is 4.98 Å². The summed E-state index contributed by atoms with van der Waals surface area (Å²) in [6, 6.07) is 14.8. The van der Waals surface area contributed by atoms with Gasteiger partial charge in [0.15, 0.2) is 0 Å². The Morgan fingerprint density at radius 1 is 1.19 bits per heavy atom. The van der Waals surface area contributed by atoms with E-state index in [1.165, 1.54) is 32.1 Å². The summed E-state index contributed by atoms with van der Waals surface area (Å²) >= 11 is 0. The van der Waals surface area contributed by atoms with Crippen LogP contribution in [0.2, 0.25) is 0 Å². The van der Waals surface area contributed by atoms with Crippen LogP contribution in [0.1, 0.15) is 55.1 Å². The average Bonchev–Trinajstić information content (AvgIpc) is 3.19. The van der Waals surface area contributed by atoms with Crippen molar-refractivity contribution < 1.29 is 4.79 Å². The number of fused-ring (bicyclic) bond motifs is 1. The number of hydrogen-bond acceptors (Lipinski definition) is 3. The minimum atomic E-state index is -0.0951. The minimum absolute atomic E-state index is 0.0951. The van der Waals surface area contributed by atoms with Crippen molar-refractivity contribution in [3.63, 3.8) is 0 Å². The average molecular weight is 417 g/mol. The number of benzene rings is 1. The van der Waals surface area contributed by atoms with E-state index >= 15 is 0 Å². The van der Waals surface area contributed by atoms with Crippen molar-refractivity contribution in [2.45, 2.75) is 51.6 Å². The molecule has 2 heterocycles. The lowest BCUT2D eigenvalue weighted by atomic mass is 9.94. The quantitative estimate of drug-likeness (QED) is 0.522. The third kappa shape index (κ3) is 4.72. The number of carbonyl (C=O) groups is 1. The summed E-state index contributed by atoms with van der Waals surface area (Å²) in [6.07, 6.45) is 10.1. The monoisotopic (exact) mass is 416 g/mol. The third-order valence-electron chi connectivity index (χ3n) is 6.28. The summed E-state index contributed by atoms with van der Waals surface area (Å²) in [4.78, 5) is 20.1. The molecule has 5 nitrogen and oxygen atoms in total. The van der Waals surface area contributed by atoms with E-state index in [0.29, 0.717) is 18.2 Å². The van der Waals surface area contributed by atoms with E-state index in [-0.39, 0.29) is 5.91 Å². The van der Waals surface area contributed by atoms with Gasteiger partial charge in [-0.2, -0.15) is 0 Å². The lowest BCUT2D eigenvalue weighted by Crippen LogP contribution is -2.36. The van der Waals surface area contributed by atoms with Crippen LogP contribution >= 0.6 is 0 Å². The predicted molar refractivity (Wildman–Crippen MR) is 126 cm³/mol. The van der Waals surface area contributed by atoms with Crippen LogP contribution in [0.3, 0.4) is 0 Å². The molecule has 0 spiro atoms. The second-order valence-corrected chi connectivity index (χ2v) is 8.27. The Hall–Kier alpha value is -2.92. The van der Waals surface area contributed by atoms with E-state index in [4.69, 9.17) is 4.98 Å². The van der Waals surface area contributed by atoms with Crippen LogP contribution in [0.15, 0.2) is 61.3 Å². The van der Waals surface area contributed by atoms with Gasteiger partial charge in [-0.1, -0.05) is 62.6 Å². The number of nitrogens with zero attached hydrogens (tertiary/aromatic N) is 3. The molecule has 1 saturated carbocycles. The number of pyridine rings is 1. The van der Waals surface area contributed by atoms with Crippen LogP contribution < -0.4 is 5.32 Å². The van der Waals surface area contributed by atoms with E-state index in [1.807, 2.05) is 24.4 Å². The second kappa shape index (κ2) is 9.92. The summed E-state index contributed by atoms with van der Waals surface area (Å²) in [5.41, 5.74) is 4.76. The number of imidazole rings is 1. The zero-order valence-electron chi connectivity index (χ0n) is 18.4. The van der Waals surface area contributed by atoms with Gasteiger partial charge >= 0.3 is 0 Å². The van der Waals surface area contributed by atoms with Crippen molar-refractivity contribution in [1.29, 1.82) is 0 Å². The van der Waals surface area contributed by atoms with Gasteiger partial charge in [0.1, 0.15) is 5.65 Å². The van der Waals surface area contributed by atoms with E-state index in [0.717, 1.165) is 35.7 Å². The third-order valence-corrected chi connectivity index (χ3v) is 6.28. The van der Waals surface area contributed by atoms with Gasteiger partial charge in [0, 0.05) is 30.9 Å². The molecule has 2 aromatic heterocycles. The second-order valence-electron chi connectivity index (χ2n) is 8.27. The molecule has 1 amide bonds. The predicted octanol–water partition coefficient (Wildman–Crippen LogP) is 5.07. The number of hydrogen-bond donors (Lipinski definition) is 1. The molecule has 1 aliphatic rings. The molecule has 0 unspecified atom stereocenters. The highest BCUT2D eigenvalue weighted by Gasteiger charge is 2.24. The first-order valence-corrected chi connectivity index (χ1v) is 11.4. The molecule has 0 saturated heterocycles. The fourth-order valence-electron chi connectivity index (χ4n) is 4.61. The Bertz CT molecular complexity index is 1030. The fraction of sp³-hybridized carbons (Fsp3) is 0.385. The van der Waals surface area contributed by atoms with E-state index in [1.54, 1.807) is 6.08 Å². The lowest BCUT2D eigenvalue weighted by Gasteiger charge is -2.33. The van der Waals surface area contributed by atoms with E-state index in [9.17, 15) is 4.79 Å². The zero-order valence-corrected chi connectivity index (χ0v) is 18.4. The van der Waals surface area contributed by atoms with E-state index < -0.39 is 0 Å². The maximum absolute atomic E-state index is 12.6. The SMILES string of the molecule is C=CCNC(=O)c1ccc2nc(-c3ccccc3)c(CN(CC)C3CCCCC3)n2c1. The molecular weight excluding hydrogens is 384 g/mol. The molecule has 0 radical (unpaired) electrons. The fourth-order valence-corrected chi connectivity index (χ4v) is 4.61. The summed E-state index contributed by atoms with van der Waals surface area (Å²) in [7, 11) is 0. The number of carbonyl (C=O) groups excluding carboxylic acids is 1. The Morgan fingerprint density at radius 3 is 2.68 bits per heavy atom. The van der Waals surface area contributed by atoms with Crippen molar-refractivity contribution in [3.05, 3.63) is 72.6 Å². The molecule has 31 heavy (non-hydrogen) atoms. The van der Waals surface area contributed by atoms with Gasteiger partial charge in [0.25, 0.3) is 5.91 Å². The molecule has 0 atom stereocenters. The molecule has 1 aromatic carbocycles. The van der Waals surface area contributed by atoms with Crippen LogP contribution in [-0.4, -0.2) is 39.3 Å². The van der Waals surface area contributed by atoms with Gasteiger partial charge in [-0.15, -0.1) is 6.58 Å². The Labute approximate surface area is 184 Å². The Kier molecular flexibility index (Phi) is 6.82. The number of amides is 1. The highest BCUT2D eigenvalue weighted by Crippen LogP contribution is 2.29. The topological polar surface area (TPSA) is 49.6 Å². The summed E-state index contributed by atoms with van der Waals surface area (Å²) in [6.45, 7) is 8.20. The highest BCUT2D eigenvalue weighted by atomic mass is 16.1. The maximum Gasteiger partial charge on any atom is 0.253 e. The van der Waals surface area contributed by atoms with Gasteiger partial charge in [0.05, 0.1) is 17.0 Å². The first-order chi connectivity index (χ1) is 15.2. The van der Waals surface area contributed by atoms with Gasteiger partial charge in [-0.05, 0) is 31.5 Å². The Balaban J connectivity index is 1.76. The molecule has 1 N–H and O–H groups in total. The molecule has 3 aromatic rings. The first-order valence-electron chi connectivity index (χ1n) is 11.4. The molecule has 162 valence electrons. The van der Waals surface area contributed by atoms with Crippen LogP contribution in [-0.2, 0) is 6.54 Å². The van der Waals surface area contributed by atoms with Crippen molar-refractivity contribution in [2.75, 3.05) is 13.1 Å². The molecule has 1 aliphatic carbocycles. The molecule has 5 heteroatoms. The first kappa shape index (κ1) is 21.3. The minimum Gasteiger partial charge on any atom is -0.349 e. The molecule has 0 bridgehead atoms. The van der Waals surface area contributed by atoms with Crippen molar-refractivity contribution in [1.82, 2.24) is 19.6 Å². The standard InChI is InChI=1S/C26H32N4O/c1-3-17-27-26(31)21-15-16-24-28-25(20-11-7-5-8-12-20)23(30(24)18-21)19-29(4-2)22-13-9-6-10-14-22/h3,5,7-8,11-12,15-16,18,22H,1,4,6,9-10,13-14,17,19H2,2H3,(H,27,31). The maximum atomic E-state index is 12.6. The lowest BCUT2D eigenvalue weighted by molar-refractivity contribution is 0.0957. The molecule has 0 aliphatic heterocycles. The van der Waals surface area contributed by atoms with Crippen molar-refractivity contribution in [2.24, 2.45) is 0 Å².